The molecule has 0 spiro atoms. The molecule has 4 heteroatoms. The Morgan fingerprint density at radius 1 is 1.39 bits per heavy atom. The molecule has 1 aromatic carbocycles. The molecule has 0 amide bonds. The molecule has 1 aliphatic rings. The molecule has 18 heavy (non-hydrogen) atoms. The van der Waals surface area contributed by atoms with Crippen molar-refractivity contribution in [3.63, 3.8) is 0 Å². The molecule has 0 radical (unpaired) electrons. The standard InChI is InChI=1S/C14H21ClN2O/c1-12-11-17(9-7-16-12)8-2-10-18-14-5-3-13(15)4-6-14/h3-6,12,16H,2,7-11H2,1H3/t12-/m1/s1. The summed E-state index contributed by atoms with van der Waals surface area (Å²) in [6, 6.07) is 8.14. The predicted octanol–water partition coefficient (Wildman–Crippen LogP) is 2.40. The van der Waals surface area contributed by atoms with Crippen molar-refractivity contribution in [2.45, 2.75) is 19.4 Å². The van der Waals surface area contributed by atoms with Gasteiger partial charge in [0.2, 0.25) is 0 Å². The predicted molar refractivity (Wildman–Crippen MR) is 75.5 cm³/mol. The normalized spacial score (nSPS) is 20.9. The van der Waals surface area contributed by atoms with E-state index in [9.17, 15) is 0 Å². The van der Waals surface area contributed by atoms with E-state index in [-0.39, 0.29) is 0 Å². The van der Waals surface area contributed by atoms with E-state index in [4.69, 9.17) is 16.3 Å². The van der Waals surface area contributed by atoms with Crippen LogP contribution in [0.5, 0.6) is 5.75 Å². The Labute approximate surface area is 114 Å². The number of hydrogen-bond acceptors (Lipinski definition) is 3. The van der Waals surface area contributed by atoms with Crippen LogP contribution in [0.2, 0.25) is 5.02 Å². The lowest BCUT2D eigenvalue weighted by molar-refractivity contribution is 0.189. The average Bonchev–Trinajstić information content (AvgIpc) is 2.37. The molecule has 1 atom stereocenters. The first-order valence-corrected chi connectivity index (χ1v) is 6.96. The maximum atomic E-state index is 5.82. The monoisotopic (exact) mass is 268 g/mol. The third-order valence-electron chi connectivity index (χ3n) is 3.15. The molecule has 2 rings (SSSR count). The van der Waals surface area contributed by atoms with Crippen LogP contribution in [0, 0.1) is 0 Å². The molecule has 0 unspecified atom stereocenters. The highest BCUT2D eigenvalue weighted by Gasteiger charge is 2.14. The third-order valence-corrected chi connectivity index (χ3v) is 3.41. The minimum absolute atomic E-state index is 0.607. The Morgan fingerprint density at radius 3 is 2.89 bits per heavy atom. The van der Waals surface area contributed by atoms with Gasteiger partial charge in [0.15, 0.2) is 0 Å². The van der Waals surface area contributed by atoms with Gasteiger partial charge in [-0.05, 0) is 37.6 Å². The second-order valence-electron chi connectivity index (χ2n) is 4.81. The fourth-order valence-electron chi connectivity index (χ4n) is 2.22. The molecule has 1 aliphatic heterocycles. The molecular weight excluding hydrogens is 248 g/mol. The highest BCUT2D eigenvalue weighted by atomic mass is 35.5. The first-order chi connectivity index (χ1) is 8.74. The smallest absolute Gasteiger partial charge is 0.119 e. The van der Waals surface area contributed by atoms with Gasteiger partial charge < -0.3 is 15.0 Å². The van der Waals surface area contributed by atoms with Crippen molar-refractivity contribution >= 4 is 11.6 Å². The van der Waals surface area contributed by atoms with Crippen LogP contribution in [0.3, 0.4) is 0 Å². The van der Waals surface area contributed by atoms with Gasteiger partial charge in [-0.25, -0.2) is 0 Å². The number of rotatable bonds is 5. The molecule has 3 nitrogen and oxygen atoms in total. The molecule has 0 aromatic heterocycles. The number of benzene rings is 1. The summed E-state index contributed by atoms with van der Waals surface area (Å²) in [4.78, 5) is 2.49. The molecular formula is C14H21ClN2O. The molecule has 0 bridgehead atoms. The Balaban J connectivity index is 1.62. The number of halogens is 1. The minimum atomic E-state index is 0.607. The molecule has 1 N–H and O–H groups in total. The Morgan fingerprint density at radius 2 is 2.17 bits per heavy atom. The van der Waals surface area contributed by atoms with Crippen LogP contribution in [-0.2, 0) is 0 Å². The van der Waals surface area contributed by atoms with Crippen LogP contribution in [0.15, 0.2) is 24.3 Å². The maximum Gasteiger partial charge on any atom is 0.119 e. The molecule has 1 heterocycles. The Bertz CT molecular complexity index is 355. The zero-order chi connectivity index (χ0) is 12.8. The number of hydrogen-bond donors (Lipinski definition) is 1. The molecule has 100 valence electrons. The van der Waals surface area contributed by atoms with E-state index in [2.05, 4.69) is 17.1 Å². The van der Waals surface area contributed by atoms with Crippen molar-refractivity contribution in [1.29, 1.82) is 0 Å². The van der Waals surface area contributed by atoms with E-state index in [0.29, 0.717) is 6.04 Å². The van der Waals surface area contributed by atoms with Crippen LogP contribution in [0.25, 0.3) is 0 Å². The number of nitrogens with zero attached hydrogens (tertiary/aromatic N) is 1. The fourth-order valence-corrected chi connectivity index (χ4v) is 2.35. The van der Waals surface area contributed by atoms with Gasteiger partial charge in [0.25, 0.3) is 0 Å². The van der Waals surface area contributed by atoms with E-state index in [0.717, 1.165) is 50.0 Å². The molecule has 0 saturated carbocycles. The minimum Gasteiger partial charge on any atom is -0.494 e. The van der Waals surface area contributed by atoms with Gasteiger partial charge in [0.05, 0.1) is 6.61 Å². The highest BCUT2D eigenvalue weighted by molar-refractivity contribution is 6.30. The SMILES string of the molecule is C[C@@H]1CN(CCCOc2ccc(Cl)cc2)CCN1. The van der Waals surface area contributed by atoms with Crippen LogP contribution < -0.4 is 10.1 Å². The summed E-state index contributed by atoms with van der Waals surface area (Å²) in [5, 5.41) is 4.20. The maximum absolute atomic E-state index is 5.82. The van der Waals surface area contributed by atoms with Crippen LogP contribution in [0.1, 0.15) is 13.3 Å². The highest BCUT2D eigenvalue weighted by Crippen LogP contribution is 2.15. The van der Waals surface area contributed by atoms with E-state index in [1.165, 1.54) is 0 Å². The molecule has 1 fully saturated rings. The van der Waals surface area contributed by atoms with Gasteiger partial charge in [-0.15, -0.1) is 0 Å². The topological polar surface area (TPSA) is 24.5 Å². The van der Waals surface area contributed by atoms with Crippen molar-refractivity contribution in [1.82, 2.24) is 10.2 Å². The van der Waals surface area contributed by atoms with Gasteiger partial charge in [0.1, 0.15) is 5.75 Å². The number of nitrogens with one attached hydrogen (secondary N) is 1. The Kier molecular flexibility index (Phi) is 5.29. The van der Waals surface area contributed by atoms with Gasteiger partial charge in [0, 0.05) is 37.2 Å². The third kappa shape index (κ3) is 4.48. The van der Waals surface area contributed by atoms with E-state index < -0.39 is 0 Å². The average molecular weight is 269 g/mol. The summed E-state index contributed by atoms with van der Waals surface area (Å²) in [6.45, 7) is 7.49. The lowest BCUT2D eigenvalue weighted by atomic mass is 10.2. The first-order valence-electron chi connectivity index (χ1n) is 6.58. The second kappa shape index (κ2) is 6.98. The van der Waals surface area contributed by atoms with Gasteiger partial charge in [-0.2, -0.15) is 0 Å². The summed E-state index contributed by atoms with van der Waals surface area (Å²) in [5.74, 6) is 0.896. The van der Waals surface area contributed by atoms with Crippen molar-refractivity contribution in [3.05, 3.63) is 29.3 Å². The first kappa shape index (κ1) is 13.7. The summed E-state index contributed by atoms with van der Waals surface area (Å²) in [7, 11) is 0. The quantitative estimate of drug-likeness (QED) is 0.830. The van der Waals surface area contributed by atoms with Crippen LogP contribution in [0.4, 0.5) is 0 Å². The molecule has 1 aromatic rings. The number of ether oxygens (including phenoxy) is 1. The zero-order valence-electron chi connectivity index (χ0n) is 10.9. The van der Waals surface area contributed by atoms with Gasteiger partial charge >= 0.3 is 0 Å². The van der Waals surface area contributed by atoms with Crippen LogP contribution in [-0.4, -0.2) is 43.7 Å². The Hall–Kier alpha value is -0.770. The second-order valence-corrected chi connectivity index (χ2v) is 5.25. The van der Waals surface area contributed by atoms with Crippen molar-refractivity contribution in [2.24, 2.45) is 0 Å². The van der Waals surface area contributed by atoms with E-state index in [1.54, 1.807) is 0 Å². The van der Waals surface area contributed by atoms with Crippen molar-refractivity contribution in [2.75, 3.05) is 32.8 Å². The summed E-state index contributed by atoms with van der Waals surface area (Å²) < 4.78 is 5.68. The molecule has 1 saturated heterocycles. The van der Waals surface area contributed by atoms with Gasteiger partial charge in [-0.3, -0.25) is 0 Å². The largest absolute Gasteiger partial charge is 0.494 e. The lowest BCUT2D eigenvalue weighted by Crippen LogP contribution is -2.49. The van der Waals surface area contributed by atoms with E-state index in [1.807, 2.05) is 24.3 Å². The van der Waals surface area contributed by atoms with E-state index >= 15 is 0 Å². The fraction of sp³-hybridized carbons (Fsp3) is 0.571. The van der Waals surface area contributed by atoms with Gasteiger partial charge in [-0.1, -0.05) is 11.6 Å². The van der Waals surface area contributed by atoms with Crippen molar-refractivity contribution < 1.29 is 4.74 Å². The lowest BCUT2D eigenvalue weighted by Gasteiger charge is -2.31. The summed E-state index contributed by atoms with van der Waals surface area (Å²) in [6.07, 6.45) is 1.06. The molecule has 0 aliphatic carbocycles. The summed E-state index contributed by atoms with van der Waals surface area (Å²) >= 11 is 5.82. The zero-order valence-corrected chi connectivity index (χ0v) is 11.6. The van der Waals surface area contributed by atoms with Crippen LogP contribution >= 0.6 is 11.6 Å². The number of piperazine rings is 1. The van der Waals surface area contributed by atoms with Crippen molar-refractivity contribution in [3.8, 4) is 5.75 Å². The summed E-state index contributed by atoms with van der Waals surface area (Å²) in [5.41, 5.74) is 0.